The minimum atomic E-state index is -0.488. The summed E-state index contributed by atoms with van der Waals surface area (Å²) < 4.78 is 5.24. The van der Waals surface area contributed by atoms with E-state index in [1.165, 1.54) is 0 Å². The van der Waals surface area contributed by atoms with E-state index in [4.69, 9.17) is 10.9 Å². The maximum Gasteiger partial charge on any atom is 0.226 e. The first kappa shape index (κ1) is 16.6. The Hall–Kier alpha value is -2.23. The van der Waals surface area contributed by atoms with E-state index in [0.29, 0.717) is 43.8 Å². The molecule has 1 aliphatic carbocycles. The van der Waals surface area contributed by atoms with Crippen molar-refractivity contribution in [2.45, 2.75) is 75.9 Å². The smallest absolute Gasteiger partial charge is 0.226 e. The summed E-state index contributed by atoms with van der Waals surface area (Å²) >= 11 is 0. The van der Waals surface area contributed by atoms with Crippen molar-refractivity contribution < 1.29 is 9.32 Å². The number of nitrogens with one attached hydrogen (secondary N) is 1. The van der Waals surface area contributed by atoms with Gasteiger partial charge in [-0.25, -0.2) is 0 Å². The molecule has 1 fully saturated rings. The van der Waals surface area contributed by atoms with Gasteiger partial charge in [0.25, 0.3) is 0 Å². The summed E-state index contributed by atoms with van der Waals surface area (Å²) in [5.41, 5.74) is -0.911. The molecular formula is C17H23N5O2. The Morgan fingerprint density at radius 3 is 2.67 bits per heavy atom. The highest BCUT2D eigenvalue weighted by molar-refractivity contribution is 5.77. The van der Waals surface area contributed by atoms with Crippen molar-refractivity contribution in [1.82, 2.24) is 15.5 Å². The van der Waals surface area contributed by atoms with Gasteiger partial charge in [-0.3, -0.25) is 4.79 Å². The second kappa shape index (κ2) is 6.71. The molecular weight excluding hydrogens is 306 g/mol. The van der Waals surface area contributed by atoms with E-state index < -0.39 is 11.2 Å². The molecule has 0 bridgehead atoms. The Morgan fingerprint density at radius 2 is 2.08 bits per heavy atom. The van der Waals surface area contributed by atoms with Gasteiger partial charge in [0, 0.05) is 32.1 Å². The van der Waals surface area contributed by atoms with Crippen LogP contribution >= 0.6 is 0 Å². The van der Waals surface area contributed by atoms with Crippen LogP contribution in [0.1, 0.15) is 70.0 Å². The summed E-state index contributed by atoms with van der Waals surface area (Å²) in [4.78, 5) is 16.9. The van der Waals surface area contributed by atoms with Crippen LogP contribution in [0.15, 0.2) is 14.8 Å². The lowest BCUT2D eigenvalue weighted by Gasteiger charge is -2.27. The standard InChI is InChI=1S/C17H23N5O2/c1-3-5-11-17(21-22-17)12-8-13(23)19-16(9-6-7-10-16)15-18-14(4-2)24-20-15/h1H,4-12H2,2H3,(H,19,23). The van der Waals surface area contributed by atoms with Gasteiger partial charge in [0.2, 0.25) is 11.8 Å². The van der Waals surface area contributed by atoms with Gasteiger partial charge < -0.3 is 9.84 Å². The van der Waals surface area contributed by atoms with E-state index in [1.807, 2.05) is 6.92 Å². The molecule has 24 heavy (non-hydrogen) atoms. The van der Waals surface area contributed by atoms with E-state index in [-0.39, 0.29) is 5.91 Å². The Balaban J connectivity index is 1.59. The van der Waals surface area contributed by atoms with Crippen LogP contribution in [0.4, 0.5) is 0 Å². The number of amides is 1. The third-order valence-corrected chi connectivity index (χ3v) is 4.84. The van der Waals surface area contributed by atoms with E-state index in [9.17, 15) is 4.79 Å². The van der Waals surface area contributed by atoms with E-state index in [1.54, 1.807) is 0 Å². The van der Waals surface area contributed by atoms with Gasteiger partial charge in [0.1, 0.15) is 5.54 Å². The van der Waals surface area contributed by atoms with Crippen molar-refractivity contribution >= 4 is 5.91 Å². The van der Waals surface area contributed by atoms with Crippen molar-refractivity contribution in [3.05, 3.63) is 11.7 Å². The molecule has 1 aromatic heterocycles. The average molecular weight is 329 g/mol. The number of aryl methyl sites for hydroxylation is 1. The molecule has 0 atom stereocenters. The van der Waals surface area contributed by atoms with Crippen LogP contribution in [0.5, 0.6) is 0 Å². The lowest BCUT2D eigenvalue weighted by molar-refractivity contribution is -0.123. The lowest BCUT2D eigenvalue weighted by atomic mass is 9.95. The van der Waals surface area contributed by atoms with Crippen LogP contribution in [0.3, 0.4) is 0 Å². The summed E-state index contributed by atoms with van der Waals surface area (Å²) in [7, 11) is 0. The fourth-order valence-electron chi connectivity index (χ4n) is 3.29. The van der Waals surface area contributed by atoms with Crippen LogP contribution < -0.4 is 5.32 Å². The Morgan fingerprint density at radius 1 is 1.33 bits per heavy atom. The van der Waals surface area contributed by atoms with Gasteiger partial charge in [-0.15, -0.1) is 12.3 Å². The number of hydrogen-bond donors (Lipinski definition) is 1. The van der Waals surface area contributed by atoms with Crippen molar-refractivity contribution in [1.29, 1.82) is 0 Å². The Labute approximate surface area is 141 Å². The van der Waals surface area contributed by atoms with Gasteiger partial charge in [0.05, 0.1) is 0 Å². The summed E-state index contributed by atoms with van der Waals surface area (Å²) in [5, 5.41) is 15.4. The lowest BCUT2D eigenvalue weighted by Crippen LogP contribution is -2.44. The fraction of sp³-hybridized carbons (Fsp3) is 0.706. The average Bonchev–Trinajstić information content (AvgIpc) is 3.00. The first-order chi connectivity index (χ1) is 11.6. The quantitative estimate of drug-likeness (QED) is 0.742. The normalized spacial score (nSPS) is 19.8. The van der Waals surface area contributed by atoms with E-state index in [2.05, 4.69) is 31.6 Å². The van der Waals surface area contributed by atoms with Gasteiger partial charge in [-0.1, -0.05) is 24.9 Å². The van der Waals surface area contributed by atoms with Crippen molar-refractivity contribution in [2.24, 2.45) is 10.2 Å². The minimum Gasteiger partial charge on any atom is -0.343 e. The van der Waals surface area contributed by atoms with Crippen LogP contribution in [0.2, 0.25) is 0 Å². The first-order valence-corrected chi connectivity index (χ1v) is 8.63. The molecule has 7 heteroatoms. The second-order valence-electron chi connectivity index (χ2n) is 6.59. The summed E-state index contributed by atoms with van der Waals surface area (Å²) in [6, 6.07) is 0. The topological polar surface area (TPSA) is 92.7 Å². The van der Waals surface area contributed by atoms with Crippen LogP contribution in [-0.4, -0.2) is 21.7 Å². The highest BCUT2D eigenvalue weighted by atomic mass is 16.5. The molecule has 2 aliphatic rings. The number of hydrogen-bond acceptors (Lipinski definition) is 6. The zero-order valence-electron chi connectivity index (χ0n) is 14.0. The van der Waals surface area contributed by atoms with Gasteiger partial charge >= 0.3 is 0 Å². The molecule has 7 nitrogen and oxygen atoms in total. The summed E-state index contributed by atoms with van der Waals surface area (Å²) in [6.45, 7) is 1.97. The van der Waals surface area contributed by atoms with E-state index in [0.717, 1.165) is 25.7 Å². The van der Waals surface area contributed by atoms with E-state index >= 15 is 0 Å². The SMILES string of the molecule is C#CCCC1(CCC(=O)NC2(c3noc(CC)n3)CCCC2)N=N1. The minimum absolute atomic E-state index is 0.0165. The van der Waals surface area contributed by atoms with Gasteiger partial charge in [0.15, 0.2) is 11.5 Å². The number of carbonyl (C=O) groups is 1. The number of carbonyl (C=O) groups excluding carboxylic acids is 1. The molecule has 1 aliphatic heterocycles. The third-order valence-electron chi connectivity index (χ3n) is 4.84. The molecule has 0 aromatic carbocycles. The predicted octanol–water partition coefficient (Wildman–Crippen LogP) is 2.87. The predicted molar refractivity (Wildman–Crippen MR) is 86.9 cm³/mol. The zero-order valence-corrected chi connectivity index (χ0v) is 14.0. The molecule has 1 N–H and O–H groups in total. The Kier molecular flexibility index (Phi) is 4.65. The van der Waals surface area contributed by atoms with Gasteiger partial charge in [-0.05, 0) is 12.8 Å². The molecule has 3 rings (SSSR count). The maximum atomic E-state index is 12.5. The number of nitrogens with zero attached hydrogens (tertiary/aromatic N) is 4. The van der Waals surface area contributed by atoms with Crippen LogP contribution in [0.25, 0.3) is 0 Å². The largest absolute Gasteiger partial charge is 0.343 e. The molecule has 0 radical (unpaired) electrons. The molecule has 2 heterocycles. The number of terminal acetylenes is 1. The van der Waals surface area contributed by atoms with Crippen LogP contribution in [0, 0.1) is 12.3 Å². The molecule has 1 aromatic rings. The van der Waals surface area contributed by atoms with Crippen molar-refractivity contribution in [2.75, 3.05) is 0 Å². The molecule has 128 valence electrons. The monoisotopic (exact) mass is 329 g/mol. The Bertz CT molecular complexity index is 661. The van der Waals surface area contributed by atoms with Crippen molar-refractivity contribution in [3.63, 3.8) is 0 Å². The number of rotatable bonds is 8. The zero-order chi connectivity index (χ0) is 17.0. The molecule has 0 saturated heterocycles. The highest BCUT2D eigenvalue weighted by Gasteiger charge is 2.43. The van der Waals surface area contributed by atoms with Crippen molar-refractivity contribution in [3.8, 4) is 12.3 Å². The van der Waals surface area contributed by atoms with Gasteiger partial charge in [-0.2, -0.15) is 15.2 Å². The molecule has 0 unspecified atom stereocenters. The first-order valence-electron chi connectivity index (χ1n) is 8.63. The van der Waals surface area contributed by atoms with Crippen LogP contribution in [-0.2, 0) is 16.8 Å². The highest BCUT2D eigenvalue weighted by Crippen LogP contribution is 2.39. The summed E-state index contributed by atoms with van der Waals surface area (Å²) in [5.74, 6) is 3.79. The third kappa shape index (κ3) is 3.48. The summed E-state index contributed by atoms with van der Waals surface area (Å²) in [6.07, 6.45) is 12.1. The molecule has 1 saturated carbocycles. The maximum absolute atomic E-state index is 12.5. The molecule has 1 amide bonds. The molecule has 0 spiro atoms. The number of aromatic nitrogens is 2. The fourth-order valence-corrected chi connectivity index (χ4v) is 3.29. The second-order valence-corrected chi connectivity index (χ2v) is 6.59.